The Kier molecular flexibility index (Phi) is 4.32. The SMILES string of the molecule is CC(C)CC1(C(Cl)c2ccc(F)cc2)CCCC1. The molecule has 1 saturated carbocycles. The third kappa shape index (κ3) is 2.88. The molecule has 0 nitrogen and oxygen atoms in total. The van der Waals surface area contributed by atoms with Crippen molar-refractivity contribution in [2.75, 3.05) is 0 Å². The first kappa shape index (κ1) is 13.9. The lowest BCUT2D eigenvalue weighted by Gasteiger charge is -2.36. The first-order valence-corrected chi connectivity index (χ1v) is 7.37. The summed E-state index contributed by atoms with van der Waals surface area (Å²) in [5, 5.41) is 0.0167. The molecule has 2 heteroatoms. The zero-order valence-electron chi connectivity index (χ0n) is 11.3. The molecule has 1 unspecified atom stereocenters. The van der Waals surface area contributed by atoms with Gasteiger partial charge in [-0.15, -0.1) is 11.6 Å². The predicted octanol–water partition coefficient (Wildman–Crippen LogP) is 5.71. The number of rotatable bonds is 4. The van der Waals surface area contributed by atoms with Gasteiger partial charge in [-0.3, -0.25) is 0 Å². The molecule has 0 bridgehead atoms. The summed E-state index contributed by atoms with van der Waals surface area (Å²) in [6.07, 6.45) is 6.13. The van der Waals surface area contributed by atoms with E-state index in [1.807, 2.05) is 12.1 Å². The molecule has 0 saturated heterocycles. The molecule has 0 aromatic heterocycles. The highest BCUT2D eigenvalue weighted by atomic mass is 35.5. The molecule has 1 fully saturated rings. The van der Waals surface area contributed by atoms with Crippen LogP contribution < -0.4 is 0 Å². The minimum atomic E-state index is -0.188. The van der Waals surface area contributed by atoms with Crippen LogP contribution in [0.1, 0.15) is 56.9 Å². The fourth-order valence-corrected chi connectivity index (χ4v) is 3.89. The average molecular weight is 269 g/mol. The first-order chi connectivity index (χ1) is 8.53. The molecule has 2 rings (SSSR count). The number of alkyl halides is 1. The van der Waals surface area contributed by atoms with Gasteiger partial charge in [0.2, 0.25) is 0 Å². The minimum Gasteiger partial charge on any atom is -0.207 e. The second kappa shape index (κ2) is 5.61. The number of halogens is 2. The van der Waals surface area contributed by atoms with Crippen molar-refractivity contribution in [3.63, 3.8) is 0 Å². The largest absolute Gasteiger partial charge is 0.207 e. The van der Waals surface area contributed by atoms with Gasteiger partial charge in [0, 0.05) is 0 Å². The van der Waals surface area contributed by atoms with Gasteiger partial charge in [-0.05, 0) is 48.3 Å². The number of benzene rings is 1. The van der Waals surface area contributed by atoms with Crippen LogP contribution in [0, 0.1) is 17.2 Å². The van der Waals surface area contributed by atoms with Crippen molar-refractivity contribution in [3.05, 3.63) is 35.6 Å². The Hall–Kier alpha value is -0.560. The van der Waals surface area contributed by atoms with E-state index in [-0.39, 0.29) is 16.6 Å². The molecule has 0 radical (unpaired) electrons. The van der Waals surface area contributed by atoms with Gasteiger partial charge in [0.1, 0.15) is 5.82 Å². The van der Waals surface area contributed by atoms with Crippen LogP contribution in [0.3, 0.4) is 0 Å². The van der Waals surface area contributed by atoms with Crippen LogP contribution >= 0.6 is 11.6 Å². The number of hydrogen-bond donors (Lipinski definition) is 0. The van der Waals surface area contributed by atoms with E-state index in [0.29, 0.717) is 5.92 Å². The van der Waals surface area contributed by atoms with Crippen LogP contribution in [0.4, 0.5) is 4.39 Å². The molecule has 0 aliphatic heterocycles. The van der Waals surface area contributed by atoms with Crippen molar-refractivity contribution >= 4 is 11.6 Å². The van der Waals surface area contributed by atoms with Crippen LogP contribution in [-0.2, 0) is 0 Å². The molecule has 1 aromatic carbocycles. The Balaban J connectivity index is 2.22. The highest BCUT2D eigenvalue weighted by Crippen LogP contribution is 2.54. The Labute approximate surface area is 115 Å². The molecule has 100 valence electrons. The smallest absolute Gasteiger partial charge is 0.123 e. The average Bonchev–Trinajstić information content (AvgIpc) is 2.78. The summed E-state index contributed by atoms with van der Waals surface area (Å²) < 4.78 is 13.0. The summed E-state index contributed by atoms with van der Waals surface area (Å²) in [6.45, 7) is 4.52. The van der Waals surface area contributed by atoms with Crippen LogP contribution in [0.25, 0.3) is 0 Å². The maximum absolute atomic E-state index is 13.0. The highest BCUT2D eigenvalue weighted by molar-refractivity contribution is 6.21. The molecule has 0 N–H and O–H groups in total. The third-order valence-corrected chi connectivity index (χ3v) is 4.83. The van der Waals surface area contributed by atoms with Crippen LogP contribution in [0.5, 0.6) is 0 Å². The zero-order valence-corrected chi connectivity index (χ0v) is 12.0. The van der Waals surface area contributed by atoms with Crippen LogP contribution in [0.2, 0.25) is 0 Å². The van der Waals surface area contributed by atoms with E-state index in [1.54, 1.807) is 0 Å². The molecular weight excluding hydrogens is 247 g/mol. The standard InChI is InChI=1S/C16H22ClF/c1-12(2)11-16(9-3-4-10-16)15(17)13-5-7-14(18)8-6-13/h5-8,12,15H,3-4,9-11H2,1-2H3. The van der Waals surface area contributed by atoms with Gasteiger partial charge in [0.15, 0.2) is 0 Å². The lowest BCUT2D eigenvalue weighted by molar-refractivity contribution is 0.223. The topological polar surface area (TPSA) is 0 Å². The van der Waals surface area contributed by atoms with Crippen molar-refractivity contribution in [1.82, 2.24) is 0 Å². The first-order valence-electron chi connectivity index (χ1n) is 6.93. The van der Waals surface area contributed by atoms with E-state index in [9.17, 15) is 4.39 Å². The van der Waals surface area contributed by atoms with E-state index >= 15 is 0 Å². The van der Waals surface area contributed by atoms with E-state index in [1.165, 1.54) is 44.2 Å². The molecule has 0 spiro atoms. The number of hydrogen-bond acceptors (Lipinski definition) is 0. The summed E-state index contributed by atoms with van der Waals surface area (Å²) in [7, 11) is 0. The molecular formula is C16H22ClF. The van der Waals surface area contributed by atoms with Gasteiger partial charge in [-0.2, -0.15) is 0 Å². The van der Waals surface area contributed by atoms with E-state index in [0.717, 1.165) is 5.56 Å². The van der Waals surface area contributed by atoms with Crippen molar-refractivity contribution in [3.8, 4) is 0 Å². The lowest BCUT2D eigenvalue weighted by Crippen LogP contribution is -2.24. The molecule has 1 atom stereocenters. The van der Waals surface area contributed by atoms with Crippen molar-refractivity contribution in [1.29, 1.82) is 0 Å². The summed E-state index contributed by atoms with van der Waals surface area (Å²) in [5.41, 5.74) is 1.29. The molecule has 1 aliphatic rings. The fourth-order valence-electron chi connectivity index (χ4n) is 3.44. The van der Waals surface area contributed by atoms with Gasteiger partial charge >= 0.3 is 0 Å². The zero-order chi connectivity index (χ0) is 13.2. The maximum atomic E-state index is 13.0. The highest BCUT2D eigenvalue weighted by Gasteiger charge is 2.41. The Bertz CT molecular complexity index is 377. The van der Waals surface area contributed by atoms with E-state index < -0.39 is 0 Å². The Morgan fingerprint density at radius 1 is 1.17 bits per heavy atom. The van der Waals surface area contributed by atoms with Gasteiger partial charge in [-0.1, -0.05) is 38.8 Å². The van der Waals surface area contributed by atoms with Crippen molar-refractivity contribution in [2.45, 2.75) is 51.3 Å². The monoisotopic (exact) mass is 268 g/mol. The maximum Gasteiger partial charge on any atom is 0.123 e. The summed E-state index contributed by atoms with van der Waals surface area (Å²) in [6, 6.07) is 6.71. The molecule has 18 heavy (non-hydrogen) atoms. The second-order valence-electron chi connectivity index (χ2n) is 6.08. The van der Waals surface area contributed by atoms with Crippen molar-refractivity contribution in [2.24, 2.45) is 11.3 Å². The molecule has 1 aliphatic carbocycles. The third-order valence-electron chi connectivity index (χ3n) is 4.11. The summed E-state index contributed by atoms with van der Waals surface area (Å²) in [4.78, 5) is 0. The normalized spacial score (nSPS) is 20.3. The Morgan fingerprint density at radius 2 is 1.72 bits per heavy atom. The predicted molar refractivity (Wildman–Crippen MR) is 75.4 cm³/mol. The van der Waals surface area contributed by atoms with Gasteiger partial charge in [0.25, 0.3) is 0 Å². The lowest BCUT2D eigenvalue weighted by atomic mass is 9.73. The van der Waals surface area contributed by atoms with E-state index in [2.05, 4.69) is 13.8 Å². The Morgan fingerprint density at radius 3 is 2.22 bits per heavy atom. The van der Waals surface area contributed by atoms with Crippen molar-refractivity contribution < 1.29 is 4.39 Å². The van der Waals surface area contributed by atoms with Gasteiger partial charge < -0.3 is 0 Å². The molecule has 0 amide bonds. The summed E-state index contributed by atoms with van der Waals surface area (Å²) in [5.74, 6) is 0.469. The van der Waals surface area contributed by atoms with Crippen LogP contribution in [-0.4, -0.2) is 0 Å². The van der Waals surface area contributed by atoms with Crippen LogP contribution in [0.15, 0.2) is 24.3 Å². The summed E-state index contributed by atoms with van der Waals surface area (Å²) >= 11 is 6.74. The van der Waals surface area contributed by atoms with E-state index in [4.69, 9.17) is 11.6 Å². The van der Waals surface area contributed by atoms with Gasteiger partial charge in [-0.25, -0.2) is 4.39 Å². The second-order valence-corrected chi connectivity index (χ2v) is 6.52. The molecule has 0 heterocycles. The minimum absolute atomic E-state index is 0.0167. The molecule has 1 aromatic rings. The fraction of sp³-hybridized carbons (Fsp3) is 0.625. The quantitative estimate of drug-likeness (QED) is 0.614. The van der Waals surface area contributed by atoms with Gasteiger partial charge in [0.05, 0.1) is 5.38 Å².